The number of aromatic nitrogens is 2. The Morgan fingerprint density at radius 3 is 2.58 bits per heavy atom. The molecule has 4 aromatic rings. The average molecular weight is 427 g/mol. The van der Waals surface area contributed by atoms with Gasteiger partial charge in [-0.15, -0.1) is 0 Å². The summed E-state index contributed by atoms with van der Waals surface area (Å²) in [6, 6.07) is 24.7. The summed E-state index contributed by atoms with van der Waals surface area (Å²) < 4.78 is 1.92. The normalized spacial score (nSPS) is 16.0. The maximum Gasteiger partial charge on any atom is 0.253 e. The molecule has 1 aromatic heterocycles. The Kier molecular flexibility index (Phi) is 5.30. The molecule has 1 aliphatic rings. The van der Waals surface area contributed by atoms with Crippen molar-refractivity contribution in [3.8, 4) is 0 Å². The summed E-state index contributed by atoms with van der Waals surface area (Å²) in [6.07, 6.45) is 4.32. The van der Waals surface area contributed by atoms with Crippen molar-refractivity contribution in [1.29, 1.82) is 0 Å². The molecule has 5 rings (SSSR count). The van der Waals surface area contributed by atoms with E-state index in [0.717, 1.165) is 22.0 Å². The van der Waals surface area contributed by atoms with E-state index in [9.17, 15) is 4.79 Å². The highest BCUT2D eigenvalue weighted by molar-refractivity contribution is 7.99. The van der Waals surface area contributed by atoms with Crippen molar-refractivity contribution < 1.29 is 4.79 Å². The van der Waals surface area contributed by atoms with Crippen LogP contribution in [0.2, 0.25) is 0 Å². The van der Waals surface area contributed by atoms with Gasteiger partial charge in [0.05, 0.1) is 17.5 Å². The summed E-state index contributed by atoms with van der Waals surface area (Å²) in [5.41, 5.74) is 3.10. The van der Waals surface area contributed by atoms with Crippen LogP contribution in [0.3, 0.4) is 0 Å². The van der Waals surface area contributed by atoms with Gasteiger partial charge < -0.3 is 4.57 Å². The molecule has 5 nitrogen and oxygen atoms in total. The Bertz CT molecular complexity index is 1260. The van der Waals surface area contributed by atoms with E-state index in [4.69, 9.17) is 5.10 Å². The SMILES string of the molecule is Cn1ccnc1SCC(=O)N1N=C(c2ccc3ccccc3c2)C[C@@H]1c1ccccc1. The lowest BCUT2D eigenvalue weighted by molar-refractivity contribution is -0.130. The van der Waals surface area contributed by atoms with Crippen LogP contribution in [0.15, 0.2) is 95.4 Å². The second kappa shape index (κ2) is 8.40. The monoisotopic (exact) mass is 426 g/mol. The summed E-state index contributed by atoms with van der Waals surface area (Å²) in [7, 11) is 1.93. The Hall–Kier alpha value is -3.38. The Morgan fingerprint density at radius 1 is 1.03 bits per heavy atom. The first-order chi connectivity index (χ1) is 15.2. The number of hydrazone groups is 1. The molecule has 3 aromatic carbocycles. The van der Waals surface area contributed by atoms with Crippen molar-refractivity contribution in [3.05, 3.63) is 96.3 Å². The van der Waals surface area contributed by atoms with Gasteiger partial charge in [-0.05, 0) is 28.0 Å². The molecule has 2 heterocycles. The zero-order chi connectivity index (χ0) is 21.2. The lowest BCUT2D eigenvalue weighted by atomic mass is 9.97. The standard InChI is InChI=1S/C25H22N4OS/c1-28-14-13-26-25(28)31-17-24(30)29-23(19-8-3-2-4-9-19)16-22(27-29)21-12-11-18-7-5-6-10-20(18)15-21/h2-15,23H,16-17H2,1H3/t23-/m1/s1. The van der Waals surface area contributed by atoms with Gasteiger partial charge in [0.25, 0.3) is 5.91 Å². The molecule has 0 unspecified atom stereocenters. The predicted octanol–water partition coefficient (Wildman–Crippen LogP) is 5.04. The predicted molar refractivity (Wildman–Crippen MR) is 125 cm³/mol. The minimum absolute atomic E-state index is 0.0161. The quantitative estimate of drug-likeness (QED) is 0.420. The number of aryl methyl sites for hydroxylation is 1. The zero-order valence-electron chi connectivity index (χ0n) is 17.2. The van der Waals surface area contributed by atoms with E-state index in [1.54, 1.807) is 11.2 Å². The number of carbonyl (C=O) groups is 1. The first-order valence-electron chi connectivity index (χ1n) is 10.2. The van der Waals surface area contributed by atoms with Crippen LogP contribution in [-0.2, 0) is 11.8 Å². The zero-order valence-corrected chi connectivity index (χ0v) is 18.0. The number of hydrogen-bond donors (Lipinski definition) is 0. The molecule has 154 valence electrons. The molecule has 0 fully saturated rings. The molecule has 1 amide bonds. The van der Waals surface area contributed by atoms with Crippen molar-refractivity contribution in [2.24, 2.45) is 12.1 Å². The van der Waals surface area contributed by atoms with Gasteiger partial charge in [0.2, 0.25) is 0 Å². The van der Waals surface area contributed by atoms with Crippen molar-refractivity contribution in [2.45, 2.75) is 17.6 Å². The summed E-state index contributed by atoms with van der Waals surface area (Å²) >= 11 is 1.44. The molecule has 31 heavy (non-hydrogen) atoms. The maximum atomic E-state index is 13.2. The van der Waals surface area contributed by atoms with Crippen LogP contribution in [0.25, 0.3) is 10.8 Å². The summed E-state index contributed by atoms with van der Waals surface area (Å²) in [6.45, 7) is 0. The fourth-order valence-corrected chi connectivity index (χ4v) is 4.69. The van der Waals surface area contributed by atoms with Crippen LogP contribution in [0.1, 0.15) is 23.6 Å². The van der Waals surface area contributed by atoms with E-state index in [0.29, 0.717) is 12.2 Å². The second-order valence-electron chi connectivity index (χ2n) is 7.59. The molecule has 6 heteroatoms. The molecule has 0 saturated heterocycles. The lowest BCUT2D eigenvalue weighted by Gasteiger charge is -2.21. The first-order valence-corrected chi connectivity index (χ1v) is 11.2. The number of fused-ring (bicyclic) bond motifs is 1. The molecule has 0 spiro atoms. The van der Waals surface area contributed by atoms with Crippen LogP contribution in [-0.4, -0.2) is 31.9 Å². The topological polar surface area (TPSA) is 50.5 Å². The smallest absolute Gasteiger partial charge is 0.253 e. The highest BCUT2D eigenvalue weighted by Gasteiger charge is 2.33. The van der Waals surface area contributed by atoms with Crippen LogP contribution in [0.4, 0.5) is 0 Å². The van der Waals surface area contributed by atoms with Gasteiger partial charge in [-0.25, -0.2) is 9.99 Å². The van der Waals surface area contributed by atoms with Gasteiger partial charge >= 0.3 is 0 Å². The summed E-state index contributed by atoms with van der Waals surface area (Å²) in [4.78, 5) is 17.5. The fourth-order valence-electron chi connectivity index (χ4n) is 3.90. The van der Waals surface area contributed by atoms with Crippen LogP contribution in [0, 0.1) is 0 Å². The minimum Gasteiger partial charge on any atom is -0.329 e. The Labute approximate surface area is 185 Å². The molecule has 0 radical (unpaired) electrons. The van der Waals surface area contributed by atoms with E-state index in [-0.39, 0.29) is 11.9 Å². The van der Waals surface area contributed by atoms with Gasteiger partial charge in [0, 0.05) is 25.9 Å². The second-order valence-corrected chi connectivity index (χ2v) is 8.53. The number of rotatable bonds is 5. The van der Waals surface area contributed by atoms with Crippen molar-refractivity contribution >= 4 is 34.2 Å². The summed E-state index contributed by atoms with van der Waals surface area (Å²) in [5, 5.41) is 9.66. The van der Waals surface area contributed by atoms with Crippen molar-refractivity contribution in [1.82, 2.24) is 14.6 Å². The average Bonchev–Trinajstić information content (AvgIpc) is 3.44. The molecular formula is C25H22N4OS. The van der Waals surface area contributed by atoms with Crippen LogP contribution >= 0.6 is 11.8 Å². The van der Waals surface area contributed by atoms with E-state index < -0.39 is 0 Å². The molecule has 0 aliphatic carbocycles. The lowest BCUT2D eigenvalue weighted by Crippen LogP contribution is -2.28. The number of imidazole rings is 1. The van der Waals surface area contributed by atoms with Gasteiger partial charge in [-0.1, -0.05) is 78.5 Å². The van der Waals surface area contributed by atoms with E-state index in [1.807, 2.05) is 48.1 Å². The van der Waals surface area contributed by atoms with Crippen molar-refractivity contribution in [2.75, 3.05) is 5.75 Å². The molecular weight excluding hydrogens is 404 g/mol. The summed E-state index contributed by atoms with van der Waals surface area (Å²) in [5.74, 6) is 0.278. The van der Waals surface area contributed by atoms with Crippen LogP contribution in [0.5, 0.6) is 0 Å². The minimum atomic E-state index is -0.0999. The van der Waals surface area contributed by atoms with Gasteiger partial charge in [-0.2, -0.15) is 5.10 Å². The third-order valence-corrected chi connectivity index (χ3v) is 6.58. The highest BCUT2D eigenvalue weighted by Crippen LogP contribution is 2.34. The molecule has 1 atom stereocenters. The number of amides is 1. The van der Waals surface area contributed by atoms with E-state index in [2.05, 4.69) is 47.4 Å². The van der Waals surface area contributed by atoms with E-state index in [1.165, 1.54) is 22.5 Å². The Morgan fingerprint density at radius 2 is 1.81 bits per heavy atom. The maximum absolute atomic E-state index is 13.2. The molecule has 0 saturated carbocycles. The molecule has 0 N–H and O–H groups in total. The third kappa shape index (κ3) is 3.99. The number of thioether (sulfide) groups is 1. The number of hydrogen-bond acceptors (Lipinski definition) is 4. The van der Waals surface area contributed by atoms with Crippen LogP contribution < -0.4 is 0 Å². The van der Waals surface area contributed by atoms with Crippen molar-refractivity contribution in [3.63, 3.8) is 0 Å². The van der Waals surface area contributed by atoms with Gasteiger partial charge in [0.15, 0.2) is 5.16 Å². The van der Waals surface area contributed by atoms with Gasteiger partial charge in [-0.3, -0.25) is 4.79 Å². The number of nitrogens with zero attached hydrogens (tertiary/aromatic N) is 4. The Balaban J connectivity index is 1.44. The highest BCUT2D eigenvalue weighted by atomic mass is 32.2. The third-order valence-electron chi connectivity index (χ3n) is 5.53. The first kappa shape index (κ1) is 19.6. The number of benzene rings is 3. The van der Waals surface area contributed by atoms with E-state index >= 15 is 0 Å². The number of carbonyl (C=O) groups excluding carboxylic acids is 1. The molecule has 0 bridgehead atoms. The van der Waals surface area contributed by atoms with Gasteiger partial charge in [0.1, 0.15) is 0 Å². The molecule has 1 aliphatic heterocycles. The fraction of sp³-hybridized carbons (Fsp3) is 0.160. The largest absolute Gasteiger partial charge is 0.329 e.